The third kappa shape index (κ3) is 2.93. The van der Waals surface area contributed by atoms with Crippen molar-refractivity contribution in [3.63, 3.8) is 0 Å². The summed E-state index contributed by atoms with van der Waals surface area (Å²) < 4.78 is 10.8. The predicted octanol–water partition coefficient (Wildman–Crippen LogP) is 5.69. The molecular formula is C24H18N2O3. The van der Waals surface area contributed by atoms with E-state index in [-0.39, 0.29) is 5.63 Å². The molecule has 5 nitrogen and oxygen atoms in total. The molecule has 0 aliphatic rings. The van der Waals surface area contributed by atoms with E-state index >= 15 is 0 Å². The second-order valence-electron chi connectivity index (χ2n) is 6.73. The van der Waals surface area contributed by atoms with Gasteiger partial charge in [0.1, 0.15) is 16.7 Å². The van der Waals surface area contributed by atoms with E-state index in [0.29, 0.717) is 16.7 Å². The van der Waals surface area contributed by atoms with E-state index in [1.54, 1.807) is 13.2 Å². The lowest BCUT2D eigenvalue weighted by Gasteiger charge is -2.09. The van der Waals surface area contributed by atoms with Crippen LogP contribution in [0.1, 0.15) is 0 Å². The van der Waals surface area contributed by atoms with Crippen LogP contribution in [0.15, 0.2) is 88.1 Å². The summed E-state index contributed by atoms with van der Waals surface area (Å²) in [4.78, 5) is 16.4. The molecule has 0 aliphatic carbocycles. The van der Waals surface area contributed by atoms with Gasteiger partial charge in [0.15, 0.2) is 0 Å². The zero-order valence-corrected chi connectivity index (χ0v) is 15.7. The van der Waals surface area contributed by atoms with E-state index in [1.807, 2.05) is 72.8 Å². The summed E-state index contributed by atoms with van der Waals surface area (Å²) >= 11 is 0. The second kappa shape index (κ2) is 6.87. The maximum atomic E-state index is 12.9. The van der Waals surface area contributed by atoms with Crippen molar-refractivity contribution in [1.82, 2.24) is 4.98 Å². The van der Waals surface area contributed by atoms with E-state index in [2.05, 4.69) is 10.3 Å². The molecular weight excluding hydrogens is 364 g/mol. The minimum absolute atomic E-state index is 0.381. The quantitative estimate of drug-likeness (QED) is 0.392. The predicted molar refractivity (Wildman–Crippen MR) is 116 cm³/mol. The first-order valence-corrected chi connectivity index (χ1v) is 9.28. The normalized spacial score (nSPS) is 11.1. The van der Waals surface area contributed by atoms with Crippen LogP contribution in [0.4, 0.5) is 11.4 Å². The number of ether oxygens (including phenoxy) is 1. The van der Waals surface area contributed by atoms with Gasteiger partial charge in [-0.2, -0.15) is 0 Å². The lowest BCUT2D eigenvalue weighted by Crippen LogP contribution is -2.01. The zero-order chi connectivity index (χ0) is 19.8. The Morgan fingerprint density at radius 1 is 0.897 bits per heavy atom. The van der Waals surface area contributed by atoms with Crippen molar-refractivity contribution in [3.05, 3.63) is 89.3 Å². The van der Waals surface area contributed by atoms with Crippen LogP contribution in [0.25, 0.3) is 33.1 Å². The highest BCUT2D eigenvalue weighted by Gasteiger charge is 2.19. The number of fused-ring (bicyclic) bond motifs is 3. The van der Waals surface area contributed by atoms with Crippen molar-refractivity contribution in [2.45, 2.75) is 0 Å². The summed E-state index contributed by atoms with van der Waals surface area (Å²) in [7, 11) is 1.63. The monoisotopic (exact) mass is 382 g/mol. The summed E-state index contributed by atoms with van der Waals surface area (Å²) in [5.74, 6) is 0.767. The number of rotatable bonds is 4. The molecule has 0 fully saturated rings. The number of H-pyrrole nitrogens is 1. The number of benzene rings is 3. The number of aromatic amines is 1. The van der Waals surface area contributed by atoms with Crippen molar-refractivity contribution in [3.8, 4) is 17.0 Å². The highest BCUT2D eigenvalue weighted by molar-refractivity contribution is 6.11. The molecule has 29 heavy (non-hydrogen) atoms. The Morgan fingerprint density at radius 2 is 1.62 bits per heavy atom. The Bertz CT molecular complexity index is 1370. The van der Waals surface area contributed by atoms with Crippen LogP contribution in [-0.4, -0.2) is 12.1 Å². The number of para-hydroxylation sites is 1. The highest BCUT2D eigenvalue weighted by atomic mass is 16.5. The van der Waals surface area contributed by atoms with Crippen LogP contribution in [0, 0.1) is 0 Å². The Labute approximate surface area is 166 Å². The molecule has 0 aliphatic heterocycles. The van der Waals surface area contributed by atoms with Gasteiger partial charge in [-0.05, 0) is 36.4 Å². The largest absolute Gasteiger partial charge is 0.497 e. The molecule has 0 spiro atoms. The summed E-state index contributed by atoms with van der Waals surface area (Å²) in [5.41, 5.74) is 4.28. The van der Waals surface area contributed by atoms with Crippen molar-refractivity contribution in [2.24, 2.45) is 0 Å². The Morgan fingerprint density at radius 3 is 2.38 bits per heavy atom. The number of nitrogens with one attached hydrogen (secondary N) is 2. The maximum Gasteiger partial charge on any atom is 0.347 e. The third-order valence-corrected chi connectivity index (χ3v) is 4.98. The van der Waals surface area contributed by atoms with Gasteiger partial charge in [-0.25, -0.2) is 4.79 Å². The second-order valence-corrected chi connectivity index (χ2v) is 6.73. The van der Waals surface area contributed by atoms with E-state index in [9.17, 15) is 4.79 Å². The van der Waals surface area contributed by atoms with Gasteiger partial charge in [-0.3, -0.25) is 0 Å². The van der Waals surface area contributed by atoms with E-state index < -0.39 is 0 Å². The van der Waals surface area contributed by atoms with Gasteiger partial charge in [-0.1, -0.05) is 42.5 Å². The van der Waals surface area contributed by atoms with Crippen molar-refractivity contribution < 1.29 is 9.15 Å². The van der Waals surface area contributed by atoms with Gasteiger partial charge in [0.25, 0.3) is 0 Å². The Kier molecular flexibility index (Phi) is 4.06. The molecule has 0 bridgehead atoms. The standard InChI is InChI=1S/C24H18N2O3/c1-28-17-13-11-16(12-14-17)25-23-20-22(26-21(23)15-7-3-2-4-8-15)18-9-5-6-10-19(18)29-24(20)27/h2-14,25-26H,1H3. The topological polar surface area (TPSA) is 67.3 Å². The minimum atomic E-state index is -0.381. The van der Waals surface area contributed by atoms with Crippen LogP contribution < -0.4 is 15.7 Å². The zero-order valence-electron chi connectivity index (χ0n) is 15.7. The first kappa shape index (κ1) is 17.1. The molecule has 0 unspecified atom stereocenters. The fraction of sp³-hybridized carbons (Fsp3) is 0.0417. The molecule has 0 radical (unpaired) electrons. The molecule has 2 aromatic heterocycles. The molecule has 3 aromatic carbocycles. The van der Waals surface area contributed by atoms with Crippen LogP contribution in [0.2, 0.25) is 0 Å². The van der Waals surface area contributed by atoms with Crippen molar-refractivity contribution in [2.75, 3.05) is 12.4 Å². The van der Waals surface area contributed by atoms with Crippen LogP contribution >= 0.6 is 0 Å². The fourth-order valence-electron chi connectivity index (χ4n) is 3.58. The van der Waals surface area contributed by atoms with Crippen LogP contribution in [0.5, 0.6) is 5.75 Å². The van der Waals surface area contributed by atoms with Gasteiger partial charge >= 0.3 is 5.63 Å². The van der Waals surface area contributed by atoms with E-state index in [0.717, 1.165) is 33.6 Å². The molecule has 0 saturated heterocycles. The summed E-state index contributed by atoms with van der Waals surface area (Å²) in [6.45, 7) is 0. The van der Waals surface area contributed by atoms with Gasteiger partial charge in [0, 0.05) is 16.6 Å². The molecule has 5 rings (SSSR count). The number of methoxy groups -OCH3 is 1. The first-order chi connectivity index (χ1) is 14.2. The number of anilines is 2. The smallest absolute Gasteiger partial charge is 0.347 e. The van der Waals surface area contributed by atoms with Gasteiger partial charge in [-0.15, -0.1) is 0 Å². The lowest BCUT2D eigenvalue weighted by molar-refractivity contribution is 0.415. The van der Waals surface area contributed by atoms with Gasteiger partial charge < -0.3 is 19.5 Å². The summed E-state index contributed by atoms with van der Waals surface area (Å²) in [6.07, 6.45) is 0. The number of aromatic nitrogens is 1. The van der Waals surface area contributed by atoms with Gasteiger partial charge in [0.2, 0.25) is 0 Å². The highest BCUT2D eigenvalue weighted by Crippen LogP contribution is 2.38. The molecule has 0 saturated carbocycles. The van der Waals surface area contributed by atoms with Gasteiger partial charge in [0.05, 0.1) is 24.0 Å². The fourth-order valence-corrected chi connectivity index (χ4v) is 3.58. The van der Waals surface area contributed by atoms with E-state index in [1.165, 1.54) is 0 Å². The minimum Gasteiger partial charge on any atom is -0.497 e. The molecule has 2 heterocycles. The molecule has 2 N–H and O–H groups in total. The third-order valence-electron chi connectivity index (χ3n) is 4.98. The van der Waals surface area contributed by atoms with Crippen LogP contribution in [-0.2, 0) is 0 Å². The van der Waals surface area contributed by atoms with Crippen molar-refractivity contribution in [1.29, 1.82) is 0 Å². The molecule has 5 aromatic rings. The summed E-state index contributed by atoms with van der Waals surface area (Å²) in [5, 5.41) is 4.77. The van der Waals surface area contributed by atoms with Crippen molar-refractivity contribution >= 4 is 33.2 Å². The number of hydrogen-bond acceptors (Lipinski definition) is 4. The molecule has 0 atom stereocenters. The molecule has 142 valence electrons. The average molecular weight is 382 g/mol. The molecule has 5 heteroatoms. The Hall–Kier alpha value is -3.99. The molecule has 0 amide bonds. The lowest BCUT2D eigenvalue weighted by atomic mass is 10.1. The summed E-state index contributed by atoms with van der Waals surface area (Å²) in [6, 6.07) is 25.0. The van der Waals surface area contributed by atoms with Crippen LogP contribution in [0.3, 0.4) is 0 Å². The average Bonchev–Trinajstić information content (AvgIpc) is 3.15. The SMILES string of the molecule is COc1ccc(Nc2c(-c3ccccc3)[nH]c3c2c(=O)oc2ccccc23)cc1. The maximum absolute atomic E-state index is 12.9. The Balaban J connectivity index is 1.79. The first-order valence-electron chi connectivity index (χ1n) is 9.28. The van der Waals surface area contributed by atoms with E-state index in [4.69, 9.17) is 9.15 Å². The number of hydrogen-bond donors (Lipinski definition) is 2.